The van der Waals surface area contributed by atoms with E-state index in [9.17, 15) is 10.2 Å². The van der Waals surface area contributed by atoms with Crippen LogP contribution < -0.4 is 0 Å². The summed E-state index contributed by atoms with van der Waals surface area (Å²) in [6, 6.07) is 0. The van der Waals surface area contributed by atoms with Crippen LogP contribution in [0.2, 0.25) is 0 Å². The van der Waals surface area contributed by atoms with Crippen molar-refractivity contribution in [3.63, 3.8) is 0 Å². The number of hydrogen-bond acceptors (Lipinski definition) is 9. The van der Waals surface area contributed by atoms with E-state index in [2.05, 4.69) is 6.92 Å². The van der Waals surface area contributed by atoms with Crippen molar-refractivity contribution in [2.75, 3.05) is 46.2 Å². The van der Waals surface area contributed by atoms with Crippen LogP contribution in [0.25, 0.3) is 0 Å². The summed E-state index contributed by atoms with van der Waals surface area (Å²) in [7, 11) is 0. The summed E-state index contributed by atoms with van der Waals surface area (Å²) in [5.74, 6) is 0. The first-order valence-corrected chi connectivity index (χ1v) is 14.3. The summed E-state index contributed by atoms with van der Waals surface area (Å²) in [4.78, 5) is 0. The highest BCUT2D eigenvalue weighted by Gasteiger charge is 2.49. The van der Waals surface area contributed by atoms with E-state index in [0.717, 1.165) is 13.0 Å². The van der Waals surface area contributed by atoms with E-state index in [4.69, 9.17) is 33.2 Å². The molecular formula is C27H48O9. The van der Waals surface area contributed by atoms with Gasteiger partial charge in [-0.05, 0) is 6.42 Å². The van der Waals surface area contributed by atoms with E-state index in [1.807, 2.05) is 0 Å². The maximum Gasteiger partial charge on any atom is 0.115 e. The molecule has 36 heavy (non-hydrogen) atoms. The molecule has 9 heteroatoms. The normalized spacial score (nSPS) is 36.4. The third-order valence-corrected chi connectivity index (χ3v) is 7.78. The van der Waals surface area contributed by atoms with Crippen LogP contribution in [0, 0.1) is 0 Å². The van der Waals surface area contributed by atoms with Gasteiger partial charge in [0.25, 0.3) is 0 Å². The van der Waals surface area contributed by atoms with Crippen LogP contribution in [0.15, 0.2) is 0 Å². The van der Waals surface area contributed by atoms with Crippen molar-refractivity contribution in [2.24, 2.45) is 0 Å². The zero-order chi connectivity index (χ0) is 25.2. The Hall–Kier alpha value is -0.360. The van der Waals surface area contributed by atoms with Crippen LogP contribution in [-0.4, -0.2) is 111 Å². The van der Waals surface area contributed by atoms with Gasteiger partial charge in [-0.1, -0.05) is 64.7 Å². The maximum atomic E-state index is 10.3. The van der Waals surface area contributed by atoms with Crippen LogP contribution in [0.1, 0.15) is 71.1 Å². The Morgan fingerprint density at radius 1 is 0.611 bits per heavy atom. The van der Waals surface area contributed by atoms with Crippen LogP contribution >= 0.6 is 0 Å². The van der Waals surface area contributed by atoms with Crippen molar-refractivity contribution in [1.29, 1.82) is 0 Å². The van der Waals surface area contributed by atoms with E-state index in [0.29, 0.717) is 19.8 Å². The molecule has 0 aliphatic carbocycles. The minimum Gasteiger partial charge on any atom is -0.388 e. The lowest BCUT2D eigenvalue weighted by atomic mass is 10.1. The molecule has 0 aromatic carbocycles. The molecule has 0 radical (unpaired) electrons. The second kappa shape index (κ2) is 15.3. The van der Waals surface area contributed by atoms with Crippen LogP contribution in [-0.2, 0) is 33.2 Å². The topological polar surface area (TPSA) is 105 Å². The summed E-state index contributed by atoms with van der Waals surface area (Å²) in [6.45, 7) is 4.83. The Morgan fingerprint density at radius 2 is 1.06 bits per heavy atom. The van der Waals surface area contributed by atoms with E-state index < -0.39 is 12.2 Å². The Balaban J connectivity index is 1.02. The van der Waals surface area contributed by atoms with E-state index in [1.165, 1.54) is 57.8 Å². The molecule has 0 spiro atoms. The highest BCUT2D eigenvalue weighted by Crippen LogP contribution is 2.31. The van der Waals surface area contributed by atoms with Gasteiger partial charge in [-0.15, -0.1) is 0 Å². The summed E-state index contributed by atoms with van der Waals surface area (Å²) >= 11 is 0. The smallest absolute Gasteiger partial charge is 0.115 e. The van der Waals surface area contributed by atoms with Gasteiger partial charge in [-0.3, -0.25) is 0 Å². The van der Waals surface area contributed by atoms with Crippen LogP contribution in [0.5, 0.6) is 0 Å². The van der Waals surface area contributed by atoms with E-state index >= 15 is 0 Å². The molecule has 4 fully saturated rings. The third-order valence-electron chi connectivity index (χ3n) is 7.78. The standard InChI is InChI=1S/C27H48O9/c1-2-3-4-5-6-7-8-9-10-11-12-30-21-16-35-27-23(18-36-26(21)27)32-14-19(28)13-31-22-17-34-24-20(29)15-33-25(22)24/h19-29H,2-18H2,1H3/t19?,20-,21+,22+,23-,24+,25+,26+,27+/m0/s1. The molecule has 4 aliphatic heterocycles. The molecule has 9 atom stereocenters. The van der Waals surface area contributed by atoms with Gasteiger partial charge in [-0.2, -0.15) is 0 Å². The van der Waals surface area contributed by atoms with Gasteiger partial charge < -0.3 is 43.4 Å². The maximum absolute atomic E-state index is 10.3. The molecule has 4 heterocycles. The van der Waals surface area contributed by atoms with Crippen molar-refractivity contribution in [1.82, 2.24) is 0 Å². The van der Waals surface area contributed by atoms with Gasteiger partial charge in [0.1, 0.15) is 54.9 Å². The Kier molecular flexibility index (Phi) is 12.2. The molecule has 0 amide bonds. The molecule has 2 N–H and O–H groups in total. The number of hydrogen-bond donors (Lipinski definition) is 2. The van der Waals surface area contributed by atoms with Gasteiger partial charge in [0.05, 0.1) is 39.6 Å². The lowest BCUT2D eigenvalue weighted by Gasteiger charge is -2.21. The Morgan fingerprint density at radius 3 is 1.64 bits per heavy atom. The van der Waals surface area contributed by atoms with Crippen molar-refractivity contribution in [2.45, 2.75) is 126 Å². The highest BCUT2D eigenvalue weighted by molar-refractivity contribution is 4.96. The first-order valence-electron chi connectivity index (χ1n) is 14.3. The van der Waals surface area contributed by atoms with Crippen molar-refractivity contribution in [3.8, 4) is 0 Å². The molecule has 210 valence electrons. The molecule has 4 aliphatic rings. The second-order valence-electron chi connectivity index (χ2n) is 10.7. The summed E-state index contributed by atoms with van der Waals surface area (Å²) in [6.07, 6.45) is 10.3. The summed E-state index contributed by atoms with van der Waals surface area (Å²) in [5, 5.41) is 20.2. The minimum absolute atomic E-state index is 0.0486. The second-order valence-corrected chi connectivity index (χ2v) is 10.7. The SMILES string of the molecule is CCCCCCCCCCCCO[C@@H]1CO[C@H]2[C@@H]1OC[C@@H]2OCC(O)CO[C@@H]1CO[C@H]2[C@@H]1OC[C@@H]2O. The molecule has 0 aromatic heterocycles. The molecule has 0 saturated carbocycles. The van der Waals surface area contributed by atoms with Gasteiger partial charge in [0.2, 0.25) is 0 Å². The number of unbranched alkanes of at least 4 members (excludes halogenated alkanes) is 9. The molecule has 4 rings (SSSR count). The molecule has 0 bridgehead atoms. The van der Waals surface area contributed by atoms with Gasteiger partial charge >= 0.3 is 0 Å². The first kappa shape index (κ1) is 28.6. The zero-order valence-corrected chi connectivity index (χ0v) is 22.0. The number of rotatable bonds is 18. The number of fused-ring (bicyclic) bond motifs is 2. The zero-order valence-electron chi connectivity index (χ0n) is 22.0. The van der Waals surface area contributed by atoms with Gasteiger partial charge in [0, 0.05) is 6.61 Å². The number of aliphatic hydroxyl groups is 2. The fraction of sp³-hybridized carbons (Fsp3) is 1.00. The Bertz CT molecular complexity index is 608. The number of aliphatic hydroxyl groups excluding tert-OH is 2. The third kappa shape index (κ3) is 8.07. The quantitative estimate of drug-likeness (QED) is 0.266. The van der Waals surface area contributed by atoms with Gasteiger partial charge in [0.15, 0.2) is 0 Å². The fourth-order valence-electron chi connectivity index (χ4n) is 5.64. The average Bonchev–Trinajstić information content (AvgIpc) is 3.65. The van der Waals surface area contributed by atoms with Crippen molar-refractivity contribution < 1.29 is 43.4 Å². The summed E-state index contributed by atoms with van der Waals surface area (Å²) in [5.41, 5.74) is 0. The first-order chi connectivity index (χ1) is 17.7. The predicted octanol–water partition coefficient (Wildman–Crippen LogP) is 2.38. The predicted molar refractivity (Wildman–Crippen MR) is 132 cm³/mol. The van der Waals surface area contributed by atoms with E-state index in [1.54, 1.807) is 0 Å². The fourth-order valence-corrected chi connectivity index (χ4v) is 5.64. The molecule has 9 nitrogen and oxygen atoms in total. The molecular weight excluding hydrogens is 468 g/mol. The minimum atomic E-state index is -0.779. The van der Waals surface area contributed by atoms with Crippen LogP contribution in [0.4, 0.5) is 0 Å². The van der Waals surface area contributed by atoms with Crippen molar-refractivity contribution >= 4 is 0 Å². The Labute approximate surface area is 216 Å². The molecule has 0 aromatic rings. The summed E-state index contributed by atoms with van der Waals surface area (Å²) < 4.78 is 40.8. The molecule has 1 unspecified atom stereocenters. The van der Waals surface area contributed by atoms with Gasteiger partial charge in [-0.25, -0.2) is 0 Å². The molecule has 4 saturated heterocycles. The lowest BCUT2D eigenvalue weighted by Crippen LogP contribution is -2.37. The lowest BCUT2D eigenvalue weighted by molar-refractivity contribution is -0.101. The monoisotopic (exact) mass is 516 g/mol. The average molecular weight is 517 g/mol. The van der Waals surface area contributed by atoms with Crippen molar-refractivity contribution in [3.05, 3.63) is 0 Å². The van der Waals surface area contributed by atoms with E-state index in [-0.39, 0.29) is 62.5 Å². The van der Waals surface area contributed by atoms with Crippen LogP contribution in [0.3, 0.4) is 0 Å². The number of ether oxygens (including phenoxy) is 7. The largest absolute Gasteiger partial charge is 0.388 e. The highest BCUT2D eigenvalue weighted by atomic mass is 16.6.